The summed E-state index contributed by atoms with van der Waals surface area (Å²) < 4.78 is 5.55. The van der Waals surface area contributed by atoms with Crippen molar-refractivity contribution in [3.63, 3.8) is 0 Å². The first-order valence-electron chi connectivity index (χ1n) is 7.19. The molecule has 0 aliphatic heterocycles. The summed E-state index contributed by atoms with van der Waals surface area (Å²) in [6.07, 6.45) is -0.636. The van der Waals surface area contributed by atoms with E-state index in [0.29, 0.717) is 23.1 Å². The van der Waals surface area contributed by atoms with Gasteiger partial charge in [-0.25, -0.2) is 4.79 Å². The Kier molecular flexibility index (Phi) is 5.45. The Balaban J connectivity index is 2.10. The molecule has 3 nitrogen and oxygen atoms in total. The van der Waals surface area contributed by atoms with Gasteiger partial charge in [-0.1, -0.05) is 55.8 Å². The van der Waals surface area contributed by atoms with Crippen LogP contribution in [-0.4, -0.2) is 17.2 Å². The van der Waals surface area contributed by atoms with Gasteiger partial charge in [0, 0.05) is 11.4 Å². The van der Waals surface area contributed by atoms with E-state index in [9.17, 15) is 9.90 Å². The largest absolute Gasteiger partial charge is 0.478 e. The molecule has 0 amide bonds. The smallest absolute Gasteiger partial charge is 0.345 e. The second-order valence-electron chi connectivity index (χ2n) is 5.50. The molecule has 0 saturated carbocycles. The summed E-state index contributed by atoms with van der Waals surface area (Å²) in [7, 11) is 0. The van der Waals surface area contributed by atoms with Crippen molar-refractivity contribution in [1.82, 2.24) is 0 Å². The fourth-order valence-corrected chi connectivity index (χ4v) is 2.32. The lowest BCUT2D eigenvalue weighted by atomic mass is 10.00. The molecule has 0 aliphatic carbocycles. The van der Waals surface area contributed by atoms with Gasteiger partial charge in [0.1, 0.15) is 5.75 Å². The molecular weight excluding hydrogens is 300 g/mol. The zero-order valence-corrected chi connectivity index (χ0v) is 13.4. The molecule has 116 valence electrons. The predicted molar refractivity (Wildman–Crippen MR) is 87.7 cm³/mol. The van der Waals surface area contributed by atoms with Crippen LogP contribution in [0.3, 0.4) is 0 Å². The number of carbonyl (C=O) groups is 1. The van der Waals surface area contributed by atoms with Gasteiger partial charge in [0.25, 0.3) is 0 Å². The number of hydrogen-bond donors (Lipinski definition) is 1. The highest BCUT2D eigenvalue weighted by molar-refractivity contribution is 6.30. The maximum atomic E-state index is 11.4. The van der Waals surface area contributed by atoms with E-state index < -0.39 is 12.1 Å². The Morgan fingerprint density at radius 2 is 1.86 bits per heavy atom. The summed E-state index contributed by atoms with van der Waals surface area (Å²) in [6, 6.07) is 14.7. The van der Waals surface area contributed by atoms with E-state index in [0.717, 1.165) is 5.56 Å². The molecule has 2 aromatic carbocycles. The van der Waals surface area contributed by atoms with E-state index >= 15 is 0 Å². The third kappa shape index (κ3) is 4.50. The van der Waals surface area contributed by atoms with Crippen molar-refractivity contribution in [3.8, 4) is 5.75 Å². The standard InChI is InChI=1S/C18H19ClO3/c1-12(2)14-8-6-13(7-9-14)10-17(18(20)21)22-16-5-3-4-15(19)11-16/h3-9,11-12,17H,10H2,1-2H3,(H,20,21). The number of halogens is 1. The van der Waals surface area contributed by atoms with Crippen molar-refractivity contribution in [3.05, 3.63) is 64.7 Å². The molecule has 0 fully saturated rings. The van der Waals surface area contributed by atoms with Gasteiger partial charge in [-0.15, -0.1) is 0 Å². The van der Waals surface area contributed by atoms with E-state index in [1.165, 1.54) is 5.56 Å². The number of ether oxygens (including phenoxy) is 1. The van der Waals surface area contributed by atoms with Crippen LogP contribution >= 0.6 is 11.6 Å². The Bertz CT molecular complexity index is 635. The van der Waals surface area contributed by atoms with Crippen molar-refractivity contribution in [2.45, 2.75) is 32.3 Å². The minimum atomic E-state index is -0.993. The normalized spacial score (nSPS) is 12.2. The molecule has 0 aromatic heterocycles. The van der Waals surface area contributed by atoms with E-state index in [1.807, 2.05) is 24.3 Å². The van der Waals surface area contributed by atoms with E-state index in [1.54, 1.807) is 24.3 Å². The van der Waals surface area contributed by atoms with Crippen LogP contribution < -0.4 is 4.74 Å². The molecule has 0 spiro atoms. The van der Waals surface area contributed by atoms with Gasteiger partial charge >= 0.3 is 5.97 Å². The van der Waals surface area contributed by atoms with Gasteiger partial charge in [0.15, 0.2) is 6.10 Å². The average molecular weight is 319 g/mol. The number of aliphatic carboxylic acids is 1. The van der Waals surface area contributed by atoms with Crippen LogP contribution in [0.4, 0.5) is 0 Å². The van der Waals surface area contributed by atoms with Gasteiger partial charge in [-0.2, -0.15) is 0 Å². The van der Waals surface area contributed by atoms with E-state index in [4.69, 9.17) is 16.3 Å². The second kappa shape index (κ2) is 7.32. The first-order chi connectivity index (χ1) is 10.5. The summed E-state index contributed by atoms with van der Waals surface area (Å²) in [6.45, 7) is 4.24. The SMILES string of the molecule is CC(C)c1ccc(CC(Oc2cccc(Cl)c2)C(=O)O)cc1. The third-order valence-electron chi connectivity index (χ3n) is 3.42. The zero-order chi connectivity index (χ0) is 16.1. The molecule has 0 heterocycles. The number of carboxylic acid groups (broad SMARTS) is 1. The zero-order valence-electron chi connectivity index (χ0n) is 12.6. The van der Waals surface area contributed by atoms with E-state index in [-0.39, 0.29) is 0 Å². The Morgan fingerprint density at radius 1 is 1.18 bits per heavy atom. The molecule has 0 radical (unpaired) electrons. The van der Waals surface area contributed by atoms with Gasteiger partial charge in [0.2, 0.25) is 0 Å². The van der Waals surface area contributed by atoms with E-state index in [2.05, 4.69) is 13.8 Å². The van der Waals surface area contributed by atoms with Gasteiger partial charge < -0.3 is 9.84 Å². The quantitative estimate of drug-likeness (QED) is 0.850. The summed E-state index contributed by atoms with van der Waals surface area (Å²) in [5, 5.41) is 9.87. The monoisotopic (exact) mass is 318 g/mol. The Morgan fingerprint density at radius 3 is 2.41 bits per heavy atom. The van der Waals surface area contributed by atoms with Crippen molar-refractivity contribution in [2.24, 2.45) is 0 Å². The number of carboxylic acids is 1. The average Bonchev–Trinajstić information content (AvgIpc) is 2.47. The number of benzene rings is 2. The fourth-order valence-electron chi connectivity index (χ4n) is 2.14. The molecule has 1 unspecified atom stereocenters. The Hall–Kier alpha value is -2.00. The summed E-state index contributed by atoms with van der Waals surface area (Å²) in [5.74, 6) is -0.0846. The van der Waals surface area contributed by atoms with Crippen LogP contribution in [-0.2, 0) is 11.2 Å². The Labute approximate surface area is 135 Å². The molecule has 0 saturated heterocycles. The highest BCUT2D eigenvalue weighted by Crippen LogP contribution is 2.20. The first kappa shape index (κ1) is 16.4. The second-order valence-corrected chi connectivity index (χ2v) is 5.94. The first-order valence-corrected chi connectivity index (χ1v) is 7.57. The van der Waals surface area contributed by atoms with Crippen LogP contribution in [0.5, 0.6) is 5.75 Å². The molecule has 1 atom stereocenters. The third-order valence-corrected chi connectivity index (χ3v) is 3.65. The summed E-state index contributed by atoms with van der Waals surface area (Å²) in [4.78, 5) is 11.4. The highest BCUT2D eigenvalue weighted by Gasteiger charge is 2.20. The van der Waals surface area contributed by atoms with Crippen molar-refractivity contribution in [2.75, 3.05) is 0 Å². The van der Waals surface area contributed by atoms with Crippen molar-refractivity contribution < 1.29 is 14.6 Å². The van der Waals surface area contributed by atoms with Crippen LogP contribution in [0.15, 0.2) is 48.5 Å². The van der Waals surface area contributed by atoms with Gasteiger partial charge in [-0.05, 0) is 35.2 Å². The topological polar surface area (TPSA) is 46.5 Å². The van der Waals surface area contributed by atoms with Crippen LogP contribution in [0, 0.1) is 0 Å². The molecule has 4 heteroatoms. The minimum absolute atomic E-state index is 0.306. The maximum Gasteiger partial charge on any atom is 0.345 e. The molecule has 22 heavy (non-hydrogen) atoms. The van der Waals surface area contributed by atoms with Crippen molar-refractivity contribution in [1.29, 1.82) is 0 Å². The number of hydrogen-bond acceptors (Lipinski definition) is 2. The van der Waals surface area contributed by atoms with Crippen LogP contribution in [0.2, 0.25) is 5.02 Å². The lowest BCUT2D eigenvalue weighted by Gasteiger charge is -2.16. The van der Waals surface area contributed by atoms with Crippen molar-refractivity contribution >= 4 is 17.6 Å². The van der Waals surface area contributed by atoms with Gasteiger partial charge in [0.05, 0.1) is 0 Å². The number of rotatable bonds is 6. The molecular formula is C18H19ClO3. The van der Waals surface area contributed by atoms with Gasteiger partial charge in [-0.3, -0.25) is 0 Å². The fraction of sp³-hybridized carbons (Fsp3) is 0.278. The highest BCUT2D eigenvalue weighted by atomic mass is 35.5. The minimum Gasteiger partial charge on any atom is -0.478 e. The summed E-state index contributed by atoms with van der Waals surface area (Å²) in [5.41, 5.74) is 2.16. The molecule has 2 aromatic rings. The molecule has 2 rings (SSSR count). The maximum absolute atomic E-state index is 11.4. The lowest BCUT2D eigenvalue weighted by Crippen LogP contribution is -2.29. The molecule has 0 aliphatic rings. The molecule has 1 N–H and O–H groups in total. The lowest BCUT2D eigenvalue weighted by molar-refractivity contribution is -0.145. The van der Waals surface area contributed by atoms with Crippen LogP contribution in [0.1, 0.15) is 30.9 Å². The van der Waals surface area contributed by atoms with Crippen LogP contribution in [0.25, 0.3) is 0 Å². The predicted octanol–water partition coefficient (Wildman–Crippen LogP) is 4.54. The molecule has 0 bridgehead atoms. The summed E-state index contributed by atoms with van der Waals surface area (Å²) >= 11 is 5.89.